The van der Waals surface area contributed by atoms with Gasteiger partial charge in [-0.1, -0.05) is 17.7 Å². The van der Waals surface area contributed by atoms with Gasteiger partial charge in [-0.15, -0.1) is 0 Å². The molecule has 0 aliphatic heterocycles. The van der Waals surface area contributed by atoms with Gasteiger partial charge in [-0.3, -0.25) is 9.78 Å². The zero-order chi connectivity index (χ0) is 15.1. The molecule has 0 spiro atoms. The fourth-order valence-electron chi connectivity index (χ4n) is 1.87. The van der Waals surface area contributed by atoms with Crippen molar-refractivity contribution >= 4 is 17.5 Å². The summed E-state index contributed by atoms with van der Waals surface area (Å²) in [5, 5.41) is 12.5. The van der Waals surface area contributed by atoms with Gasteiger partial charge in [0.05, 0.1) is 5.56 Å². The van der Waals surface area contributed by atoms with E-state index in [1.165, 1.54) is 6.20 Å². The minimum absolute atomic E-state index is 0.0181. The lowest BCUT2D eigenvalue weighted by atomic mass is 10.0. The number of hydrogen-bond donors (Lipinski definition) is 2. The molecule has 2 aromatic heterocycles. The van der Waals surface area contributed by atoms with E-state index in [4.69, 9.17) is 11.6 Å². The highest BCUT2D eigenvalue weighted by molar-refractivity contribution is 6.29. The summed E-state index contributed by atoms with van der Waals surface area (Å²) < 4.78 is 0. The second kappa shape index (κ2) is 7.71. The van der Waals surface area contributed by atoms with Gasteiger partial charge in [0, 0.05) is 37.2 Å². The van der Waals surface area contributed by atoms with E-state index in [-0.39, 0.29) is 18.4 Å². The Morgan fingerprint density at radius 3 is 2.76 bits per heavy atom. The average Bonchev–Trinajstić information content (AvgIpc) is 2.52. The minimum Gasteiger partial charge on any atom is -0.396 e. The number of nitrogens with zero attached hydrogens (tertiary/aromatic N) is 2. The van der Waals surface area contributed by atoms with Crippen molar-refractivity contribution < 1.29 is 9.90 Å². The van der Waals surface area contributed by atoms with Crippen molar-refractivity contribution in [2.24, 2.45) is 5.92 Å². The first-order valence-electron chi connectivity index (χ1n) is 6.59. The first-order chi connectivity index (χ1) is 10.2. The Balaban J connectivity index is 1.88. The van der Waals surface area contributed by atoms with Crippen molar-refractivity contribution in [2.45, 2.75) is 6.42 Å². The van der Waals surface area contributed by atoms with Crippen LogP contribution in [0.3, 0.4) is 0 Å². The zero-order valence-electron chi connectivity index (χ0n) is 11.4. The topological polar surface area (TPSA) is 75.1 Å². The molecule has 0 fully saturated rings. The number of carbonyl (C=O) groups is 1. The van der Waals surface area contributed by atoms with Gasteiger partial charge >= 0.3 is 0 Å². The molecule has 1 amide bonds. The number of rotatable bonds is 6. The fraction of sp³-hybridized carbons (Fsp3) is 0.267. The summed E-state index contributed by atoms with van der Waals surface area (Å²) in [4.78, 5) is 20.0. The lowest BCUT2D eigenvalue weighted by Gasteiger charge is -2.14. The Labute approximate surface area is 128 Å². The second-order valence-electron chi connectivity index (χ2n) is 4.65. The number of carbonyl (C=O) groups excluding carboxylic acids is 1. The summed E-state index contributed by atoms with van der Waals surface area (Å²) in [5.74, 6) is -0.317. The van der Waals surface area contributed by atoms with Crippen LogP contribution in [0.1, 0.15) is 16.1 Å². The third-order valence-electron chi connectivity index (χ3n) is 3.02. The molecule has 1 atom stereocenters. The van der Waals surface area contributed by atoms with Crippen molar-refractivity contribution in [3.8, 4) is 0 Å². The van der Waals surface area contributed by atoms with Gasteiger partial charge in [-0.25, -0.2) is 4.98 Å². The van der Waals surface area contributed by atoms with Crippen molar-refractivity contribution in [1.29, 1.82) is 0 Å². The van der Waals surface area contributed by atoms with E-state index in [1.807, 2.05) is 18.2 Å². The van der Waals surface area contributed by atoms with E-state index in [1.54, 1.807) is 18.3 Å². The maximum Gasteiger partial charge on any atom is 0.252 e. The second-order valence-corrected chi connectivity index (χ2v) is 5.04. The summed E-state index contributed by atoms with van der Waals surface area (Å²) in [5.41, 5.74) is 1.33. The quantitative estimate of drug-likeness (QED) is 0.797. The molecule has 5 nitrogen and oxygen atoms in total. The molecule has 110 valence electrons. The largest absolute Gasteiger partial charge is 0.396 e. The maximum atomic E-state index is 11.9. The van der Waals surface area contributed by atoms with Crippen molar-refractivity contribution in [3.63, 3.8) is 0 Å². The molecule has 0 aliphatic rings. The first-order valence-corrected chi connectivity index (χ1v) is 6.97. The Hall–Kier alpha value is -1.98. The van der Waals surface area contributed by atoms with Gasteiger partial charge in [-0.2, -0.15) is 0 Å². The number of halogens is 1. The van der Waals surface area contributed by atoms with Crippen LogP contribution in [0.25, 0.3) is 0 Å². The summed E-state index contributed by atoms with van der Waals surface area (Å²) >= 11 is 5.67. The molecule has 2 heterocycles. The lowest BCUT2D eigenvalue weighted by molar-refractivity contribution is 0.0939. The van der Waals surface area contributed by atoms with Crippen LogP contribution in [0.2, 0.25) is 5.15 Å². The Morgan fingerprint density at radius 2 is 2.14 bits per heavy atom. The molecule has 21 heavy (non-hydrogen) atoms. The maximum absolute atomic E-state index is 11.9. The van der Waals surface area contributed by atoms with Crippen LogP contribution in [-0.4, -0.2) is 34.1 Å². The molecule has 0 aliphatic carbocycles. The van der Waals surface area contributed by atoms with Crippen LogP contribution < -0.4 is 5.32 Å². The number of aliphatic hydroxyl groups excluding tert-OH is 1. The number of hydrogen-bond acceptors (Lipinski definition) is 4. The van der Waals surface area contributed by atoms with E-state index in [9.17, 15) is 9.90 Å². The predicted molar refractivity (Wildman–Crippen MR) is 80.1 cm³/mol. The molecule has 0 saturated heterocycles. The molecule has 0 radical (unpaired) electrons. The molecule has 2 aromatic rings. The smallest absolute Gasteiger partial charge is 0.252 e. The normalized spacial score (nSPS) is 11.9. The highest BCUT2D eigenvalue weighted by atomic mass is 35.5. The van der Waals surface area contributed by atoms with Crippen molar-refractivity contribution in [2.75, 3.05) is 13.2 Å². The summed E-state index contributed by atoms with van der Waals surface area (Å²) in [6, 6.07) is 8.81. The van der Waals surface area contributed by atoms with Crippen LogP contribution in [0, 0.1) is 5.92 Å². The van der Waals surface area contributed by atoms with Gasteiger partial charge in [0.2, 0.25) is 0 Å². The standard InChI is InChI=1S/C15H16ClN3O2/c16-14-5-4-12(9-18-14)15(21)19-8-11(10-20)7-13-3-1-2-6-17-13/h1-6,9,11,20H,7-8,10H2,(H,19,21). The van der Waals surface area contributed by atoms with Crippen LogP contribution in [0.4, 0.5) is 0 Å². The zero-order valence-corrected chi connectivity index (χ0v) is 12.1. The van der Waals surface area contributed by atoms with E-state index >= 15 is 0 Å². The Kier molecular flexibility index (Phi) is 5.66. The van der Waals surface area contributed by atoms with E-state index in [2.05, 4.69) is 15.3 Å². The van der Waals surface area contributed by atoms with Gasteiger partial charge < -0.3 is 10.4 Å². The molecule has 1 unspecified atom stereocenters. The fourth-order valence-corrected chi connectivity index (χ4v) is 1.98. The lowest BCUT2D eigenvalue weighted by Crippen LogP contribution is -2.32. The SMILES string of the molecule is O=C(NCC(CO)Cc1ccccn1)c1ccc(Cl)nc1. The molecule has 0 bridgehead atoms. The minimum atomic E-state index is -0.237. The average molecular weight is 306 g/mol. The molecule has 2 N–H and O–H groups in total. The number of aromatic nitrogens is 2. The van der Waals surface area contributed by atoms with E-state index in [0.717, 1.165) is 5.69 Å². The van der Waals surface area contributed by atoms with Crippen molar-refractivity contribution in [3.05, 3.63) is 59.1 Å². The molecule has 0 saturated carbocycles. The number of pyridine rings is 2. The number of aliphatic hydroxyl groups is 1. The van der Waals surface area contributed by atoms with Crippen LogP contribution in [-0.2, 0) is 6.42 Å². The summed E-state index contributed by atoms with van der Waals surface area (Å²) in [7, 11) is 0. The molecule has 6 heteroatoms. The van der Waals surface area contributed by atoms with Gasteiger partial charge in [0.15, 0.2) is 0 Å². The third kappa shape index (κ3) is 4.81. The van der Waals surface area contributed by atoms with Crippen molar-refractivity contribution in [1.82, 2.24) is 15.3 Å². The third-order valence-corrected chi connectivity index (χ3v) is 3.25. The van der Waals surface area contributed by atoms with Gasteiger partial charge in [0.1, 0.15) is 5.15 Å². The Morgan fingerprint density at radius 1 is 1.29 bits per heavy atom. The number of nitrogens with one attached hydrogen (secondary N) is 1. The number of amides is 1. The van der Waals surface area contributed by atoms with Gasteiger partial charge in [0.25, 0.3) is 5.91 Å². The van der Waals surface area contributed by atoms with Crippen LogP contribution in [0.5, 0.6) is 0 Å². The van der Waals surface area contributed by atoms with E-state index < -0.39 is 0 Å². The molecular weight excluding hydrogens is 290 g/mol. The van der Waals surface area contributed by atoms with E-state index in [0.29, 0.717) is 23.7 Å². The molecule has 2 rings (SSSR count). The highest BCUT2D eigenvalue weighted by Gasteiger charge is 2.12. The van der Waals surface area contributed by atoms with Crippen LogP contribution >= 0.6 is 11.6 Å². The first kappa shape index (κ1) is 15.4. The summed E-state index contributed by atoms with van der Waals surface area (Å²) in [6.45, 7) is 0.351. The molecular formula is C15H16ClN3O2. The molecule has 0 aromatic carbocycles. The summed E-state index contributed by atoms with van der Waals surface area (Å²) in [6.07, 6.45) is 3.74. The predicted octanol–water partition coefficient (Wildman–Crippen LogP) is 1.71. The highest BCUT2D eigenvalue weighted by Crippen LogP contribution is 2.07. The van der Waals surface area contributed by atoms with Gasteiger partial charge in [-0.05, 0) is 30.7 Å². The van der Waals surface area contributed by atoms with Crippen LogP contribution in [0.15, 0.2) is 42.7 Å². The Bertz CT molecular complexity index is 575. The monoisotopic (exact) mass is 305 g/mol.